The van der Waals surface area contributed by atoms with Gasteiger partial charge in [0, 0.05) is 17.0 Å². The van der Waals surface area contributed by atoms with E-state index in [-0.39, 0.29) is 24.5 Å². The van der Waals surface area contributed by atoms with Crippen LogP contribution in [-0.2, 0) is 9.53 Å². The van der Waals surface area contributed by atoms with Gasteiger partial charge in [-0.25, -0.2) is 4.98 Å². The minimum absolute atomic E-state index is 0.0981. The number of hydrogen-bond acceptors (Lipinski definition) is 8. The van der Waals surface area contributed by atoms with E-state index >= 15 is 0 Å². The number of ether oxygens (including phenoxy) is 3. The van der Waals surface area contributed by atoms with Crippen LogP contribution in [0.15, 0.2) is 26.6 Å². The zero-order chi connectivity index (χ0) is 20.0. The molecule has 2 aromatic rings. The van der Waals surface area contributed by atoms with Crippen molar-refractivity contribution < 1.29 is 19.0 Å². The van der Waals surface area contributed by atoms with Crippen molar-refractivity contribution in [2.75, 3.05) is 26.6 Å². The van der Waals surface area contributed by atoms with Gasteiger partial charge in [-0.05, 0) is 34.3 Å². The fraction of sp³-hybridized carbons (Fsp3) is 0.294. The molecule has 0 bridgehead atoms. The molecular weight excluding hydrogens is 438 g/mol. The van der Waals surface area contributed by atoms with Gasteiger partial charge in [-0.1, -0.05) is 11.8 Å². The first-order valence-corrected chi connectivity index (χ1v) is 9.65. The third-order valence-corrected chi connectivity index (χ3v) is 4.59. The molecule has 1 heterocycles. The van der Waals surface area contributed by atoms with Gasteiger partial charge in [0.2, 0.25) is 0 Å². The van der Waals surface area contributed by atoms with E-state index in [4.69, 9.17) is 14.2 Å². The zero-order valence-corrected chi connectivity index (χ0v) is 17.2. The Morgan fingerprint density at radius 1 is 1.37 bits per heavy atom. The molecule has 0 atom stereocenters. The number of esters is 1. The van der Waals surface area contributed by atoms with Gasteiger partial charge in [-0.3, -0.25) is 9.59 Å². The second-order valence-corrected chi connectivity index (χ2v) is 6.73. The highest BCUT2D eigenvalue weighted by Crippen LogP contribution is 2.38. The third kappa shape index (κ3) is 5.02. The quantitative estimate of drug-likeness (QED) is 0.294. The maximum Gasteiger partial charge on any atom is 0.302 e. The third-order valence-electron chi connectivity index (χ3n) is 3.36. The summed E-state index contributed by atoms with van der Waals surface area (Å²) in [5.74, 6) is 0.400. The number of hydrogen-bond donors (Lipinski definition) is 1. The summed E-state index contributed by atoms with van der Waals surface area (Å²) in [7, 11) is 1.47. The Hall–Kier alpha value is -2.51. The molecule has 0 saturated carbocycles. The van der Waals surface area contributed by atoms with Crippen molar-refractivity contribution in [3.05, 3.63) is 32.5 Å². The summed E-state index contributed by atoms with van der Waals surface area (Å²) in [6, 6.07) is 5.16. The molecule has 1 aromatic heterocycles. The van der Waals surface area contributed by atoms with Gasteiger partial charge in [0.25, 0.3) is 5.56 Å². The van der Waals surface area contributed by atoms with Gasteiger partial charge >= 0.3 is 5.97 Å². The average Bonchev–Trinajstić information content (AvgIpc) is 2.64. The molecule has 0 fully saturated rings. The van der Waals surface area contributed by atoms with Crippen LogP contribution in [0.5, 0.6) is 11.5 Å². The van der Waals surface area contributed by atoms with Crippen LogP contribution in [0.2, 0.25) is 0 Å². The summed E-state index contributed by atoms with van der Waals surface area (Å²) in [5.41, 5.74) is 0.137. The number of nitrogens with one attached hydrogen (secondary N) is 1. The minimum atomic E-state index is -0.514. The molecule has 10 heteroatoms. The highest BCUT2D eigenvalue weighted by Gasteiger charge is 2.19. The van der Waals surface area contributed by atoms with E-state index < -0.39 is 11.5 Å². The second-order valence-electron chi connectivity index (χ2n) is 5.08. The number of aromatic nitrogens is 2. The molecule has 8 nitrogen and oxygen atoms in total. The van der Waals surface area contributed by atoms with Crippen LogP contribution < -0.4 is 15.0 Å². The first-order chi connectivity index (χ1) is 12.9. The predicted octanol–water partition coefficient (Wildman–Crippen LogP) is 2.74. The van der Waals surface area contributed by atoms with E-state index in [0.29, 0.717) is 26.7 Å². The van der Waals surface area contributed by atoms with Crippen LogP contribution in [0, 0.1) is 11.3 Å². The summed E-state index contributed by atoms with van der Waals surface area (Å²) in [6.07, 6.45) is 1.77. The largest absolute Gasteiger partial charge is 0.493 e. The lowest BCUT2D eigenvalue weighted by molar-refractivity contribution is -0.141. The first-order valence-electron chi connectivity index (χ1n) is 7.63. The van der Waals surface area contributed by atoms with Crippen LogP contribution in [0.1, 0.15) is 12.5 Å². The van der Waals surface area contributed by atoms with Crippen molar-refractivity contribution >= 4 is 33.7 Å². The van der Waals surface area contributed by atoms with Crippen molar-refractivity contribution in [3.63, 3.8) is 0 Å². The Morgan fingerprint density at radius 2 is 2.11 bits per heavy atom. The lowest BCUT2D eigenvalue weighted by Crippen LogP contribution is -2.15. The van der Waals surface area contributed by atoms with Gasteiger partial charge < -0.3 is 19.2 Å². The lowest BCUT2D eigenvalue weighted by atomic mass is 10.1. The maximum absolute atomic E-state index is 12.1. The fourth-order valence-corrected chi connectivity index (χ4v) is 3.06. The van der Waals surface area contributed by atoms with Crippen molar-refractivity contribution in [3.8, 4) is 28.8 Å². The molecular formula is C17H16BrN3O5S. The Balaban J connectivity index is 2.45. The smallest absolute Gasteiger partial charge is 0.302 e. The van der Waals surface area contributed by atoms with Crippen LogP contribution in [0.3, 0.4) is 0 Å². The minimum Gasteiger partial charge on any atom is -0.493 e. The Labute approximate surface area is 168 Å². The summed E-state index contributed by atoms with van der Waals surface area (Å²) in [5, 5.41) is 9.75. The maximum atomic E-state index is 12.1. The highest BCUT2D eigenvalue weighted by molar-refractivity contribution is 9.10. The fourth-order valence-electron chi connectivity index (χ4n) is 2.17. The van der Waals surface area contributed by atoms with Gasteiger partial charge in [0.15, 0.2) is 16.7 Å². The van der Waals surface area contributed by atoms with E-state index in [1.807, 2.05) is 6.07 Å². The number of carbonyl (C=O) groups excluding carboxylic acids is 1. The normalized spacial score (nSPS) is 10.2. The number of aromatic amines is 1. The average molecular weight is 454 g/mol. The molecule has 2 rings (SSSR count). The van der Waals surface area contributed by atoms with E-state index in [1.54, 1.807) is 18.4 Å². The molecule has 1 aromatic carbocycles. The molecule has 0 aliphatic heterocycles. The van der Waals surface area contributed by atoms with Crippen LogP contribution >= 0.6 is 27.7 Å². The number of thioether (sulfide) groups is 1. The summed E-state index contributed by atoms with van der Waals surface area (Å²) in [4.78, 5) is 29.8. The highest BCUT2D eigenvalue weighted by atomic mass is 79.9. The van der Waals surface area contributed by atoms with E-state index in [1.165, 1.54) is 25.8 Å². The van der Waals surface area contributed by atoms with Gasteiger partial charge in [0.1, 0.15) is 24.8 Å². The number of nitriles is 1. The number of benzene rings is 1. The predicted molar refractivity (Wildman–Crippen MR) is 103 cm³/mol. The lowest BCUT2D eigenvalue weighted by Gasteiger charge is -2.14. The van der Waals surface area contributed by atoms with Gasteiger partial charge in [0.05, 0.1) is 12.8 Å². The molecule has 0 spiro atoms. The van der Waals surface area contributed by atoms with Crippen LogP contribution in [0.4, 0.5) is 0 Å². The molecule has 142 valence electrons. The summed E-state index contributed by atoms with van der Waals surface area (Å²) < 4.78 is 16.3. The molecule has 0 saturated heterocycles. The number of methoxy groups -OCH3 is 1. The number of rotatable bonds is 7. The molecule has 27 heavy (non-hydrogen) atoms. The molecule has 0 radical (unpaired) electrons. The first kappa shape index (κ1) is 20.8. The molecule has 1 N–H and O–H groups in total. The number of nitrogens with zero attached hydrogens (tertiary/aromatic N) is 2. The van der Waals surface area contributed by atoms with E-state index in [2.05, 4.69) is 25.9 Å². The van der Waals surface area contributed by atoms with Crippen LogP contribution in [-0.4, -0.2) is 42.5 Å². The number of carbonyl (C=O) groups is 1. The molecule has 0 amide bonds. The summed E-state index contributed by atoms with van der Waals surface area (Å²) >= 11 is 4.68. The van der Waals surface area contributed by atoms with E-state index in [0.717, 1.165) is 0 Å². The van der Waals surface area contributed by atoms with Gasteiger partial charge in [-0.2, -0.15) is 5.26 Å². The number of halogens is 1. The van der Waals surface area contributed by atoms with Crippen molar-refractivity contribution in [1.82, 2.24) is 9.97 Å². The van der Waals surface area contributed by atoms with Crippen molar-refractivity contribution in [2.45, 2.75) is 12.1 Å². The SMILES string of the molecule is COc1cc(-c2nc(SC)[nH]c(=O)c2C#N)c(Br)cc1OCCOC(C)=O. The second kappa shape index (κ2) is 9.43. The van der Waals surface area contributed by atoms with Gasteiger partial charge in [-0.15, -0.1) is 0 Å². The van der Waals surface area contributed by atoms with E-state index in [9.17, 15) is 14.9 Å². The zero-order valence-electron chi connectivity index (χ0n) is 14.8. The standard InChI is InChI=1S/C17H16BrN3O5S/c1-9(22)25-4-5-26-14-7-12(18)10(6-13(14)24-2)15-11(8-19)16(23)21-17(20-15)27-3/h6-7H,4-5H2,1-3H3,(H,20,21,23). The molecule has 0 aliphatic rings. The topological polar surface area (TPSA) is 114 Å². The Morgan fingerprint density at radius 3 is 2.70 bits per heavy atom. The van der Waals surface area contributed by atoms with Crippen molar-refractivity contribution in [2.24, 2.45) is 0 Å². The van der Waals surface area contributed by atoms with Crippen LogP contribution in [0.25, 0.3) is 11.3 Å². The molecule has 0 aliphatic carbocycles. The Bertz CT molecular complexity index is 955. The molecule has 0 unspecified atom stereocenters. The monoisotopic (exact) mass is 453 g/mol. The number of H-pyrrole nitrogens is 1. The Kier molecular flexibility index (Phi) is 7.27. The van der Waals surface area contributed by atoms with Crippen molar-refractivity contribution in [1.29, 1.82) is 5.26 Å². The summed E-state index contributed by atoms with van der Waals surface area (Å²) in [6.45, 7) is 1.56.